The molecule has 5 heteroatoms. The molecule has 0 bridgehead atoms. The van der Waals surface area contributed by atoms with Crippen molar-refractivity contribution >= 4 is 39.3 Å². The largest absolute Gasteiger partial charge is 0.366 e. The van der Waals surface area contributed by atoms with E-state index in [1.54, 1.807) is 18.2 Å². The molecule has 4 aromatic rings. The van der Waals surface area contributed by atoms with E-state index in [9.17, 15) is 9.18 Å². The summed E-state index contributed by atoms with van der Waals surface area (Å²) in [5.41, 5.74) is 8.50. The number of nitrogens with two attached hydrogens (primary N) is 1. The fourth-order valence-corrected chi connectivity index (χ4v) is 3.52. The van der Waals surface area contributed by atoms with Crippen molar-refractivity contribution in [2.75, 3.05) is 0 Å². The van der Waals surface area contributed by atoms with Crippen LogP contribution in [-0.4, -0.2) is 10.5 Å². The molecule has 1 aromatic heterocycles. The molecule has 0 aliphatic rings. The van der Waals surface area contributed by atoms with Crippen LogP contribution in [0.1, 0.15) is 15.9 Å². The van der Waals surface area contributed by atoms with Gasteiger partial charge in [-0.3, -0.25) is 4.79 Å². The molecule has 0 unspecified atom stereocenters. The van der Waals surface area contributed by atoms with Crippen LogP contribution in [0.2, 0.25) is 5.02 Å². The molecule has 0 saturated heterocycles. The third-order valence-electron chi connectivity index (χ3n) is 4.35. The molecule has 0 spiro atoms. The molecule has 124 valence electrons. The van der Waals surface area contributed by atoms with E-state index >= 15 is 0 Å². The number of aromatic nitrogens is 1. The monoisotopic (exact) mass is 352 g/mol. The van der Waals surface area contributed by atoms with Crippen LogP contribution in [0, 0.1) is 5.82 Å². The highest BCUT2D eigenvalue weighted by atomic mass is 35.5. The van der Waals surface area contributed by atoms with Crippen molar-refractivity contribution in [1.29, 1.82) is 0 Å². The van der Waals surface area contributed by atoms with Gasteiger partial charge in [0.15, 0.2) is 0 Å². The van der Waals surface area contributed by atoms with Crippen LogP contribution < -0.4 is 5.73 Å². The maximum atomic E-state index is 13.9. The van der Waals surface area contributed by atoms with Gasteiger partial charge in [-0.15, -0.1) is 0 Å². The summed E-state index contributed by atoms with van der Waals surface area (Å²) in [6.07, 6.45) is 0. The minimum Gasteiger partial charge on any atom is -0.366 e. The number of benzene rings is 3. The summed E-state index contributed by atoms with van der Waals surface area (Å²) in [6.45, 7) is 0.506. The lowest BCUT2D eigenvalue weighted by atomic mass is 10.1. The Balaban J connectivity index is 2.06. The fourth-order valence-electron chi connectivity index (χ4n) is 3.31. The highest BCUT2D eigenvalue weighted by Crippen LogP contribution is 2.33. The summed E-state index contributed by atoms with van der Waals surface area (Å²) >= 11 is 6.08. The van der Waals surface area contributed by atoms with E-state index in [0.29, 0.717) is 22.6 Å². The topological polar surface area (TPSA) is 48.0 Å². The lowest BCUT2D eigenvalue weighted by molar-refractivity contribution is 0.100. The van der Waals surface area contributed by atoms with Gasteiger partial charge in [0.25, 0.3) is 0 Å². The van der Waals surface area contributed by atoms with Gasteiger partial charge >= 0.3 is 0 Å². The van der Waals surface area contributed by atoms with E-state index in [4.69, 9.17) is 17.3 Å². The van der Waals surface area contributed by atoms with Gasteiger partial charge in [-0.2, -0.15) is 0 Å². The third-order valence-corrected chi connectivity index (χ3v) is 4.58. The molecule has 0 saturated carbocycles. The number of hydrogen-bond acceptors (Lipinski definition) is 1. The fraction of sp³-hybridized carbons (Fsp3) is 0.0500. The summed E-state index contributed by atoms with van der Waals surface area (Å²) in [4.78, 5) is 11.9. The molecule has 1 amide bonds. The van der Waals surface area contributed by atoms with Crippen LogP contribution in [0.5, 0.6) is 0 Å². The Labute approximate surface area is 148 Å². The van der Waals surface area contributed by atoms with Gasteiger partial charge in [-0.1, -0.05) is 29.8 Å². The van der Waals surface area contributed by atoms with Crippen LogP contribution >= 0.6 is 11.6 Å². The molecule has 0 fully saturated rings. The van der Waals surface area contributed by atoms with Gasteiger partial charge in [-0.25, -0.2) is 4.39 Å². The molecule has 0 atom stereocenters. The number of carbonyl (C=O) groups is 1. The zero-order valence-electron chi connectivity index (χ0n) is 13.2. The van der Waals surface area contributed by atoms with Gasteiger partial charge in [0.1, 0.15) is 5.82 Å². The van der Waals surface area contributed by atoms with Crippen molar-refractivity contribution < 1.29 is 9.18 Å². The number of amides is 1. The zero-order valence-corrected chi connectivity index (χ0v) is 13.9. The lowest BCUT2D eigenvalue weighted by Crippen LogP contribution is -2.11. The average molecular weight is 353 g/mol. The normalized spacial score (nSPS) is 11.3. The number of rotatable bonds is 3. The van der Waals surface area contributed by atoms with Crippen molar-refractivity contribution in [3.05, 3.63) is 82.6 Å². The molecular formula is C20H14ClFN2O. The third kappa shape index (κ3) is 2.65. The van der Waals surface area contributed by atoms with E-state index < -0.39 is 5.91 Å². The van der Waals surface area contributed by atoms with Gasteiger partial charge < -0.3 is 10.3 Å². The Kier molecular flexibility index (Phi) is 3.70. The maximum Gasteiger partial charge on any atom is 0.249 e. The van der Waals surface area contributed by atoms with Crippen LogP contribution in [-0.2, 0) is 6.54 Å². The Morgan fingerprint density at radius 3 is 2.60 bits per heavy atom. The predicted octanol–water partition coefficient (Wildman–Crippen LogP) is 4.73. The Morgan fingerprint density at radius 2 is 1.84 bits per heavy atom. The van der Waals surface area contributed by atoms with Crippen LogP contribution in [0.25, 0.3) is 21.8 Å². The number of nitrogens with zero attached hydrogens (tertiary/aromatic N) is 1. The quantitative estimate of drug-likeness (QED) is 0.569. The van der Waals surface area contributed by atoms with Crippen molar-refractivity contribution in [1.82, 2.24) is 4.57 Å². The smallest absolute Gasteiger partial charge is 0.249 e. The number of halogens is 2. The second-order valence-corrected chi connectivity index (χ2v) is 6.38. The maximum absolute atomic E-state index is 13.9. The molecule has 0 aliphatic heterocycles. The van der Waals surface area contributed by atoms with Gasteiger partial charge in [-0.05, 0) is 48.0 Å². The summed E-state index contributed by atoms with van der Waals surface area (Å²) in [7, 11) is 0. The highest BCUT2D eigenvalue weighted by molar-refractivity contribution is 6.30. The highest BCUT2D eigenvalue weighted by Gasteiger charge is 2.17. The summed E-state index contributed by atoms with van der Waals surface area (Å²) < 4.78 is 15.9. The SMILES string of the molecule is NC(=O)c1cccc2c1c1ccc(F)cc1n2Cc1cccc(Cl)c1. The van der Waals surface area contributed by atoms with Gasteiger partial charge in [0.05, 0.1) is 11.0 Å². The number of fused-ring (bicyclic) bond motifs is 3. The first kappa shape index (κ1) is 15.7. The van der Waals surface area contributed by atoms with Crippen LogP contribution in [0.15, 0.2) is 60.7 Å². The van der Waals surface area contributed by atoms with Gasteiger partial charge in [0, 0.05) is 27.9 Å². The van der Waals surface area contributed by atoms with E-state index in [-0.39, 0.29) is 5.82 Å². The van der Waals surface area contributed by atoms with E-state index in [1.807, 2.05) is 34.9 Å². The predicted molar refractivity (Wildman–Crippen MR) is 98.5 cm³/mol. The number of primary amides is 1. The van der Waals surface area contributed by atoms with Crippen molar-refractivity contribution in [3.8, 4) is 0 Å². The molecule has 1 heterocycles. The first-order valence-electron chi connectivity index (χ1n) is 7.79. The lowest BCUT2D eigenvalue weighted by Gasteiger charge is -2.08. The average Bonchev–Trinajstić information content (AvgIpc) is 2.88. The van der Waals surface area contributed by atoms with E-state index in [2.05, 4.69) is 0 Å². The Bertz CT molecular complexity index is 1130. The van der Waals surface area contributed by atoms with E-state index in [1.165, 1.54) is 12.1 Å². The van der Waals surface area contributed by atoms with Gasteiger partial charge in [0.2, 0.25) is 5.91 Å². The Morgan fingerprint density at radius 1 is 1.04 bits per heavy atom. The van der Waals surface area contributed by atoms with Crippen molar-refractivity contribution in [2.45, 2.75) is 6.54 Å². The first-order chi connectivity index (χ1) is 12.0. The van der Waals surface area contributed by atoms with E-state index in [0.717, 1.165) is 21.9 Å². The minimum atomic E-state index is -0.503. The first-order valence-corrected chi connectivity index (χ1v) is 8.17. The standard InChI is InChI=1S/C20H14ClFN2O/c21-13-4-1-3-12(9-13)11-24-17-6-2-5-16(20(23)25)19(17)15-8-7-14(22)10-18(15)24/h1-10H,11H2,(H2,23,25). The molecule has 3 nitrogen and oxygen atoms in total. The molecule has 25 heavy (non-hydrogen) atoms. The summed E-state index contributed by atoms with van der Waals surface area (Å²) in [5, 5.41) is 2.18. The summed E-state index contributed by atoms with van der Waals surface area (Å²) in [5.74, 6) is -0.833. The summed E-state index contributed by atoms with van der Waals surface area (Å²) in [6, 6.07) is 17.5. The molecule has 3 aromatic carbocycles. The minimum absolute atomic E-state index is 0.330. The number of hydrogen-bond donors (Lipinski definition) is 1. The second kappa shape index (κ2) is 5.90. The molecule has 4 rings (SSSR count). The number of carbonyl (C=O) groups excluding carboxylic acids is 1. The van der Waals surface area contributed by atoms with Crippen LogP contribution in [0.4, 0.5) is 4.39 Å². The second-order valence-electron chi connectivity index (χ2n) is 5.94. The van der Waals surface area contributed by atoms with Crippen molar-refractivity contribution in [2.24, 2.45) is 5.73 Å². The van der Waals surface area contributed by atoms with Crippen LogP contribution in [0.3, 0.4) is 0 Å². The van der Waals surface area contributed by atoms with Crippen molar-refractivity contribution in [3.63, 3.8) is 0 Å². The zero-order chi connectivity index (χ0) is 17.6. The molecule has 2 N–H and O–H groups in total. The molecular weight excluding hydrogens is 339 g/mol. The molecule has 0 radical (unpaired) electrons. The molecule has 0 aliphatic carbocycles. The Hall–Kier alpha value is -2.85.